The molecule has 0 atom stereocenters. The van der Waals surface area contributed by atoms with E-state index in [9.17, 15) is 9.90 Å². The number of rotatable bonds is 9. The second-order valence-electron chi connectivity index (χ2n) is 8.86. The van der Waals surface area contributed by atoms with Gasteiger partial charge in [-0.15, -0.1) is 0 Å². The third-order valence-corrected chi connectivity index (χ3v) is 6.34. The molecule has 1 heterocycles. The normalized spacial score (nSPS) is 11.0. The van der Waals surface area contributed by atoms with Crippen molar-refractivity contribution < 1.29 is 14.6 Å². The minimum atomic E-state index is -0.922. The molecule has 0 aliphatic carbocycles. The molecular weight excluding hydrogens is 448 g/mol. The lowest BCUT2D eigenvalue weighted by Crippen LogP contribution is -2.03. The fourth-order valence-electron chi connectivity index (χ4n) is 4.52. The Morgan fingerprint density at radius 2 is 1.61 bits per heavy atom. The van der Waals surface area contributed by atoms with Gasteiger partial charge in [-0.25, -0.2) is 4.79 Å². The average Bonchev–Trinajstić information content (AvgIpc) is 3.25. The molecule has 180 valence electrons. The molecule has 0 unspecified atom stereocenters. The van der Waals surface area contributed by atoms with Gasteiger partial charge >= 0.3 is 5.97 Å². The SMILES string of the molecule is NCCc1cn(Cc2cccc(C(=O)O)c2)c2ccc(OCc3ccc(-c4ccccc4)cc3)cc12. The van der Waals surface area contributed by atoms with E-state index in [1.165, 1.54) is 11.1 Å². The van der Waals surface area contributed by atoms with Gasteiger partial charge in [0.05, 0.1) is 5.56 Å². The van der Waals surface area contributed by atoms with Gasteiger partial charge in [-0.2, -0.15) is 0 Å². The zero-order valence-electron chi connectivity index (χ0n) is 19.9. The van der Waals surface area contributed by atoms with E-state index in [4.69, 9.17) is 10.5 Å². The van der Waals surface area contributed by atoms with Crippen molar-refractivity contribution in [3.63, 3.8) is 0 Å². The fourth-order valence-corrected chi connectivity index (χ4v) is 4.52. The molecule has 0 aliphatic heterocycles. The number of carboxylic acids is 1. The number of hydrogen-bond donors (Lipinski definition) is 2. The van der Waals surface area contributed by atoms with Crippen molar-refractivity contribution in [2.75, 3.05) is 6.54 Å². The number of carbonyl (C=O) groups is 1. The van der Waals surface area contributed by atoms with Crippen molar-refractivity contribution in [2.45, 2.75) is 19.6 Å². The number of carboxylic acid groups (broad SMARTS) is 1. The van der Waals surface area contributed by atoms with Crippen LogP contribution >= 0.6 is 0 Å². The number of aromatic carboxylic acids is 1. The Morgan fingerprint density at radius 3 is 2.36 bits per heavy atom. The lowest BCUT2D eigenvalue weighted by molar-refractivity contribution is 0.0696. The summed E-state index contributed by atoms with van der Waals surface area (Å²) in [7, 11) is 0. The maximum atomic E-state index is 11.4. The minimum absolute atomic E-state index is 0.290. The monoisotopic (exact) mass is 476 g/mol. The molecule has 5 aromatic rings. The van der Waals surface area contributed by atoms with Crippen LogP contribution in [-0.2, 0) is 19.6 Å². The van der Waals surface area contributed by atoms with Gasteiger partial charge in [0.25, 0.3) is 0 Å². The molecular formula is C31H28N2O3. The average molecular weight is 477 g/mol. The van der Waals surface area contributed by atoms with Gasteiger partial charge in [0.1, 0.15) is 12.4 Å². The summed E-state index contributed by atoms with van der Waals surface area (Å²) < 4.78 is 8.29. The van der Waals surface area contributed by atoms with Crippen LogP contribution in [0.5, 0.6) is 5.75 Å². The highest BCUT2D eigenvalue weighted by atomic mass is 16.5. The van der Waals surface area contributed by atoms with Crippen LogP contribution in [-0.4, -0.2) is 22.2 Å². The zero-order valence-corrected chi connectivity index (χ0v) is 19.9. The highest BCUT2D eigenvalue weighted by Gasteiger charge is 2.11. The number of ether oxygens (including phenoxy) is 1. The molecule has 5 rings (SSSR count). The van der Waals surface area contributed by atoms with Crippen LogP contribution < -0.4 is 10.5 Å². The van der Waals surface area contributed by atoms with E-state index in [0.717, 1.165) is 39.8 Å². The third-order valence-electron chi connectivity index (χ3n) is 6.34. The summed E-state index contributed by atoms with van der Waals surface area (Å²) in [6.07, 6.45) is 2.86. The molecule has 0 saturated heterocycles. The summed E-state index contributed by atoms with van der Waals surface area (Å²) in [6, 6.07) is 31.9. The molecule has 0 amide bonds. The molecule has 5 heteroatoms. The van der Waals surface area contributed by atoms with Gasteiger partial charge in [0.2, 0.25) is 0 Å². The summed E-state index contributed by atoms with van der Waals surface area (Å²) in [5, 5.41) is 10.4. The second-order valence-corrected chi connectivity index (χ2v) is 8.86. The van der Waals surface area contributed by atoms with Crippen LogP contribution in [0.3, 0.4) is 0 Å². The Hall–Kier alpha value is -4.35. The Labute approximate surface area is 210 Å². The van der Waals surface area contributed by atoms with Gasteiger partial charge in [-0.05, 0) is 71.1 Å². The largest absolute Gasteiger partial charge is 0.489 e. The Balaban J connectivity index is 1.35. The van der Waals surface area contributed by atoms with Crippen LogP contribution in [0.1, 0.15) is 27.0 Å². The Morgan fingerprint density at radius 1 is 0.833 bits per heavy atom. The van der Waals surface area contributed by atoms with Crippen molar-refractivity contribution in [1.82, 2.24) is 4.57 Å². The van der Waals surface area contributed by atoms with Crippen LogP contribution in [0.25, 0.3) is 22.0 Å². The van der Waals surface area contributed by atoms with E-state index in [-0.39, 0.29) is 0 Å². The number of hydrogen-bond acceptors (Lipinski definition) is 3. The number of nitrogens with two attached hydrogens (primary N) is 1. The molecule has 1 aromatic heterocycles. The molecule has 0 fully saturated rings. The van der Waals surface area contributed by atoms with Gasteiger partial charge in [0, 0.05) is 23.6 Å². The summed E-state index contributed by atoms with van der Waals surface area (Å²) in [5.41, 5.74) is 12.8. The highest BCUT2D eigenvalue weighted by Crippen LogP contribution is 2.28. The van der Waals surface area contributed by atoms with Gasteiger partial charge < -0.3 is 20.1 Å². The molecule has 0 spiro atoms. The summed E-state index contributed by atoms with van der Waals surface area (Å²) in [4.78, 5) is 11.4. The number of fused-ring (bicyclic) bond motifs is 1. The lowest BCUT2D eigenvalue weighted by atomic mass is 10.0. The molecule has 3 N–H and O–H groups in total. The minimum Gasteiger partial charge on any atom is -0.489 e. The molecule has 0 aliphatic rings. The number of benzene rings is 4. The van der Waals surface area contributed by atoms with E-state index < -0.39 is 5.97 Å². The van der Waals surface area contributed by atoms with Crippen LogP contribution in [0, 0.1) is 0 Å². The first-order valence-corrected chi connectivity index (χ1v) is 12.0. The van der Waals surface area contributed by atoms with Crippen molar-refractivity contribution in [3.8, 4) is 16.9 Å². The summed E-state index contributed by atoms with van der Waals surface area (Å²) >= 11 is 0. The van der Waals surface area contributed by atoms with Gasteiger partial charge in [0.15, 0.2) is 0 Å². The lowest BCUT2D eigenvalue weighted by Gasteiger charge is -2.10. The van der Waals surface area contributed by atoms with Crippen molar-refractivity contribution in [2.24, 2.45) is 5.73 Å². The molecule has 0 radical (unpaired) electrons. The molecule has 0 saturated carbocycles. The second kappa shape index (κ2) is 10.5. The van der Waals surface area contributed by atoms with Crippen molar-refractivity contribution in [3.05, 3.63) is 126 Å². The quantitative estimate of drug-likeness (QED) is 0.268. The van der Waals surface area contributed by atoms with Crippen LogP contribution in [0.15, 0.2) is 103 Å². The highest BCUT2D eigenvalue weighted by molar-refractivity contribution is 5.88. The predicted octanol–water partition coefficient (Wildman–Crippen LogP) is 6.14. The topological polar surface area (TPSA) is 77.5 Å². The Kier molecular flexibility index (Phi) is 6.83. The molecule has 4 aromatic carbocycles. The first-order chi connectivity index (χ1) is 17.6. The first kappa shape index (κ1) is 23.4. The third kappa shape index (κ3) is 5.16. The van der Waals surface area contributed by atoms with E-state index in [0.29, 0.717) is 25.3 Å². The molecule has 5 nitrogen and oxygen atoms in total. The maximum Gasteiger partial charge on any atom is 0.335 e. The number of nitrogens with zero attached hydrogens (tertiary/aromatic N) is 1. The van der Waals surface area contributed by atoms with E-state index >= 15 is 0 Å². The summed E-state index contributed by atoms with van der Waals surface area (Å²) in [5.74, 6) is -0.118. The Bertz CT molecular complexity index is 1490. The maximum absolute atomic E-state index is 11.4. The van der Waals surface area contributed by atoms with Gasteiger partial charge in [-0.3, -0.25) is 0 Å². The van der Waals surface area contributed by atoms with E-state index in [2.05, 4.69) is 59.3 Å². The smallest absolute Gasteiger partial charge is 0.335 e. The molecule has 0 bridgehead atoms. The van der Waals surface area contributed by atoms with E-state index in [1.807, 2.05) is 30.3 Å². The molecule has 36 heavy (non-hydrogen) atoms. The van der Waals surface area contributed by atoms with E-state index in [1.54, 1.807) is 18.2 Å². The summed E-state index contributed by atoms with van der Waals surface area (Å²) in [6.45, 7) is 1.61. The number of aromatic nitrogens is 1. The first-order valence-electron chi connectivity index (χ1n) is 12.0. The predicted molar refractivity (Wildman–Crippen MR) is 143 cm³/mol. The van der Waals surface area contributed by atoms with Gasteiger partial charge in [-0.1, -0.05) is 66.7 Å². The van der Waals surface area contributed by atoms with Crippen LogP contribution in [0.4, 0.5) is 0 Å². The fraction of sp³-hybridized carbons (Fsp3) is 0.129. The van der Waals surface area contributed by atoms with Crippen LogP contribution in [0.2, 0.25) is 0 Å². The van der Waals surface area contributed by atoms with Crippen molar-refractivity contribution >= 4 is 16.9 Å². The van der Waals surface area contributed by atoms with Crippen molar-refractivity contribution in [1.29, 1.82) is 0 Å². The zero-order chi connectivity index (χ0) is 24.9. The standard InChI is InChI=1S/C31H28N2O3/c32-16-15-27-20-33(19-23-5-4-8-26(17-23)31(34)35)30-14-13-28(18-29(27)30)36-21-22-9-11-25(12-10-22)24-6-2-1-3-7-24/h1-14,17-18,20H,15-16,19,21,32H2,(H,34,35).